The van der Waals surface area contributed by atoms with Crippen LogP contribution >= 0.6 is 0 Å². The predicted molar refractivity (Wildman–Crippen MR) is 98.4 cm³/mol. The average Bonchev–Trinajstić information content (AvgIpc) is 2.63. The van der Waals surface area contributed by atoms with E-state index in [1.165, 1.54) is 11.1 Å². The number of likely N-dealkylation sites (tertiary alicyclic amines) is 1. The molecule has 25 heavy (non-hydrogen) atoms. The van der Waals surface area contributed by atoms with Gasteiger partial charge in [-0.05, 0) is 67.4 Å². The van der Waals surface area contributed by atoms with Crippen molar-refractivity contribution < 1.29 is 9.90 Å². The number of benzene rings is 1. The highest BCUT2D eigenvalue weighted by Gasteiger charge is 2.29. The van der Waals surface area contributed by atoms with Gasteiger partial charge in [0, 0.05) is 18.9 Å². The van der Waals surface area contributed by atoms with Crippen LogP contribution in [0.4, 0.5) is 0 Å². The number of rotatable bonds is 6. The van der Waals surface area contributed by atoms with Crippen molar-refractivity contribution in [3.8, 4) is 0 Å². The molecule has 1 saturated heterocycles. The molecule has 3 rings (SSSR count). The summed E-state index contributed by atoms with van der Waals surface area (Å²) >= 11 is 0. The quantitative estimate of drug-likeness (QED) is 0.869. The van der Waals surface area contributed by atoms with Crippen LogP contribution in [0.15, 0.2) is 48.8 Å². The smallest absolute Gasteiger partial charge is 0.303 e. The summed E-state index contributed by atoms with van der Waals surface area (Å²) in [5, 5.41) is 9.34. The zero-order valence-electron chi connectivity index (χ0n) is 14.8. The van der Waals surface area contributed by atoms with Gasteiger partial charge in [-0.2, -0.15) is 0 Å². The maximum atomic E-state index is 11.4. The van der Waals surface area contributed by atoms with Crippen molar-refractivity contribution in [2.24, 2.45) is 5.92 Å². The Bertz CT molecular complexity index is 694. The van der Waals surface area contributed by atoms with Crippen molar-refractivity contribution >= 4 is 5.97 Å². The SMILES string of the molecule is Cc1ccncc1CN1CCC(C(CC(=O)O)c2ccccc2)CC1. The number of carboxylic acids is 1. The molecule has 4 heteroatoms. The van der Waals surface area contributed by atoms with Crippen LogP contribution in [-0.2, 0) is 11.3 Å². The van der Waals surface area contributed by atoms with E-state index >= 15 is 0 Å². The molecule has 0 bridgehead atoms. The van der Waals surface area contributed by atoms with Gasteiger partial charge < -0.3 is 5.11 Å². The van der Waals surface area contributed by atoms with Gasteiger partial charge in [-0.25, -0.2) is 0 Å². The first kappa shape index (κ1) is 17.6. The lowest BCUT2D eigenvalue weighted by Gasteiger charge is -2.36. The topological polar surface area (TPSA) is 53.4 Å². The van der Waals surface area contributed by atoms with Gasteiger partial charge in [-0.1, -0.05) is 30.3 Å². The van der Waals surface area contributed by atoms with Gasteiger partial charge in [0.1, 0.15) is 0 Å². The Morgan fingerprint density at radius 1 is 1.24 bits per heavy atom. The van der Waals surface area contributed by atoms with Crippen LogP contribution in [0.1, 0.15) is 41.9 Å². The van der Waals surface area contributed by atoms with E-state index in [9.17, 15) is 9.90 Å². The number of carbonyl (C=O) groups is 1. The molecular formula is C21H26N2O2. The highest BCUT2D eigenvalue weighted by molar-refractivity contribution is 5.68. The maximum Gasteiger partial charge on any atom is 0.303 e. The van der Waals surface area contributed by atoms with Crippen molar-refractivity contribution in [3.63, 3.8) is 0 Å². The molecule has 1 atom stereocenters. The maximum absolute atomic E-state index is 11.4. The normalized spacial score (nSPS) is 17.3. The Morgan fingerprint density at radius 2 is 1.96 bits per heavy atom. The molecule has 0 aliphatic carbocycles. The number of piperidine rings is 1. The minimum atomic E-state index is -0.706. The summed E-state index contributed by atoms with van der Waals surface area (Å²) in [5.74, 6) is -0.159. The lowest BCUT2D eigenvalue weighted by atomic mass is 9.78. The molecule has 132 valence electrons. The number of hydrogen-bond donors (Lipinski definition) is 1. The Labute approximate surface area is 149 Å². The minimum Gasteiger partial charge on any atom is -0.481 e. The third-order valence-electron chi connectivity index (χ3n) is 5.36. The molecule has 4 nitrogen and oxygen atoms in total. The second-order valence-corrected chi connectivity index (χ2v) is 7.03. The molecule has 1 aromatic carbocycles. The van der Waals surface area contributed by atoms with E-state index in [2.05, 4.69) is 35.0 Å². The first-order valence-electron chi connectivity index (χ1n) is 9.02. The molecule has 1 fully saturated rings. The highest BCUT2D eigenvalue weighted by Crippen LogP contribution is 2.35. The van der Waals surface area contributed by atoms with E-state index in [4.69, 9.17) is 0 Å². The van der Waals surface area contributed by atoms with Gasteiger partial charge in [-0.15, -0.1) is 0 Å². The second kappa shape index (κ2) is 8.26. The standard InChI is InChI=1S/C21H26N2O2/c1-16-7-10-22-14-19(16)15-23-11-8-18(9-12-23)20(13-21(24)25)17-5-3-2-4-6-17/h2-7,10,14,18,20H,8-9,11-13,15H2,1H3,(H,24,25). The lowest BCUT2D eigenvalue weighted by molar-refractivity contribution is -0.137. The largest absolute Gasteiger partial charge is 0.481 e. The fourth-order valence-electron chi connectivity index (χ4n) is 3.86. The van der Waals surface area contributed by atoms with Crippen molar-refractivity contribution in [1.82, 2.24) is 9.88 Å². The molecule has 2 aromatic rings. The molecule has 0 radical (unpaired) electrons. The van der Waals surface area contributed by atoms with E-state index in [1.807, 2.05) is 30.6 Å². The monoisotopic (exact) mass is 338 g/mol. The second-order valence-electron chi connectivity index (χ2n) is 7.03. The summed E-state index contributed by atoms with van der Waals surface area (Å²) in [6.45, 7) is 5.09. The van der Waals surface area contributed by atoms with Gasteiger partial charge in [0.05, 0.1) is 6.42 Å². The van der Waals surface area contributed by atoms with E-state index in [0.29, 0.717) is 5.92 Å². The van der Waals surface area contributed by atoms with E-state index in [1.54, 1.807) is 0 Å². The molecule has 0 amide bonds. The zero-order valence-corrected chi connectivity index (χ0v) is 14.8. The molecule has 1 N–H and O–H groups in total. The van der Waals surface area contributed by atoms with E-state index in [0.717, 1.165) is 38.0 Å². The Balaban J connectivity index is 1.63. The van der Waals surface area contributed by atoms with Crippen LogP contribution in [0, 0.1) is 12.8 Å². The van der Waals surface area contributed by atoms with Crippen LogP contribution in [0.25, 0.3) is 0 Å². The molecule has 1 unspecified atom stereocenters. The van der Waals surface area contributed by atoms with Crippen LogP contribution in [0.5, 0.6) is 0 Å². The molecule has 1 aromatic heterocycles. The van der Waals surface area contributed by atoms with Crippen LogP contribution in [0.2, 0.25) is 0 Å². The zero-order chi connectivity index (χ0) is 17.6. The fraction of sp³-hybridized carbons (Fsp3) is 0.429. The summed E-state index contributed by atoms with van der Waals surface area (Å²) in [7, 11) is 0. The number of aromatic nitrogens is 1. The van der Waals surface area contributed by atoms with Gasteiger partial charge in [0.15, 0.2) is 0 Å². The summed E-state index contributed by atoms with van der Waals surface area (Å²) in [6.07, 6.45) is 6.11. The summed E-state index contributed by atoms with van der Waals surface area (Å²) in [5.41, 5.74) is 3.72. The lowest BCUT2D eigenvalue weighted by Crippen LogP contribution is -2.35. The number of aliphatic carboxylic acids is 1. The minimum absolute atomic E-state index is 0.112. The van der Waals surface area contributed by atoms with Gasteiger partial charge >= 0.3 is 5.97 Å². The van der Waals surface area contributed by atoms with Crippen molar-refractivity contribution in [1.29, 1.82) is 0 Å². The third kappa shape index (κ3) is 4.67. The Hall–Kier alpha value is -2.20. The third-order valence-corrected chi connectivity index (χ3v) is 5.36. The molecule has 1 aliphatic heterocycles. The van der Waals surface area contributed by atoms with Crippen LogP contribution in [-0.4, -0.2) is 34.0 Å². The Morgan fingerprint density at radius 3 is 2.60 bits per heavy atom. The number of aryl methyl sites for hydroxylation is 1. The highest BCUT2D eigenvalue weighted by atomic mass is 16.4. The molecule has 2 heterocycles. The van der Waals surface area contributed by atoms with Crippen LogP contribution < -0.4 is 0 Å². The van der Waals surface area contributed by atoms with Gasteiger partial charge in [-0.3, -0.25) is 14.7 Å². The summed E-state index contributed by atoms with van der Waals surface area (Å²) < 4.78 is 0. The predicted octanol–water partition coefficient (Wildman–Crippen LogP) is 3.86. The van der Waals surface area contributed by atoms with E-state index < -0.39 is 5.97 Å². The van der Waals surface area contributed by atoms with Crippen LogP contribution in [0.3, 0.4) is 0 Å². The van der Waals surface area contributed by atoms with Crippen molar-refractivity contribution in [2.45, 2.75) is 38.6 Å². The first-order valence-corrected chi connectivity index (χ1v) is 9.02. The van der Waals surface area contributed by atoms with E-state index in [-0.39, 0.29) is 12.3 Å². The molecular weight excluding hydrogens is 312 g/mol. The number of pyridine rings is 1. The first-order chi connectivity index (χ1) is 12.1. The fourth-order valence-corrected chi connectivity index (χ4v) is 3.86. The Kier molecular flexibility index (Phi) is 5.82. The van der Waals surface area contributed by atoms with Crippen molar-refractivity contribution in [2.75, 3.05) is 13.1 Å². The average molecular weight is 338 g/mol. The number of hydrogen-bond acceptors (Lipinski definition) is 3. The summed E-state index contributed by atoms with van der Waals surface area (Å²) in [6, 6.07) is 12.2. The van der Waals surface area contributed by atoms with Gasteiger partial charge in [0.25, 0.3) is 0 Å². The molecule has 1 aliphatic rings. The van der Waals surface area contributed by atoms with Crippen molar-refractivity contribution in [3.05, 3.63) is 65.5 Å². The summed E-state index contributed by atoms with van der Waals surface area (Å²) in [4.78, 5) is 18.0. The number of carboxylic acid groups (broad SMARTS) is 1. The van der Waals surface area contributed by atoms with Gasteiger partial charge in [0.2, 0.25) is 0 Å². The molecule has 0 spiro atoms. The number of nitrogens with zero attached hydrogens (tertiary/aromatic N) is 2. The molecule has 0 saturated carbocycles.